The van der Waals surface area contributed by atoms with E-state index in [4.69, 9.17) is 4.74 Å². The first-order valence-corrected chi connectivity index (χ1v) is 4.26. The SMILES string of the molecule is CCOc1cc(C=O)nc(CC)n1. The Balaban J connectivity index is 2.99. The van der Waals surface area contributed by atoms with Gasteiger partial charge in [-0.15, -0.1) is 0 Å². The summed E-state index contributed by atoms with van der Waals surface area (Å²) in [5.74, 6) is 1.10. The smallest absolute Gasteiger partial charge is 0.217 e. The Morgan fingerprint density at radius 3 is 2.77 bits per heavy atom. The number of aryl methyl sites for hydroxylation is 1. The zero-order valence-electron chi connectivity index (χ0n) is 7.78. The summed E-state index contributed by atoms with van der Waals surface area (Å²) in [7, 11) is 0. The summed E-state index contributed by atoms with van der Waals surface area (Å²) in [4.78, 5) is 18.6. The predicted octanol–water partition coefficient (Wildman–Crippen LogP) is 1.25. The Labute approximate surface area is 77.0 Å². The molecular formula is C9H12N2O2. The van der Waals surface area contributed by atoms with Crippen LogP contribution in [0.3, 0.4) is 0 Å². The lowest BCUT2D eigenvalue weighted by Gasteiger charge is -2.03. The molecule has 0 aliphatic rings. The van der Waals surface area contributed by atoms with Crippen molar-refractivity contribution in [1.82, 2.24) is 9.97 Å². The van der Waals surface area contributed by atoms with Gasteiger partial charge >= 0.3 is 0 Å². The van der Waals surface area contributed by atoms with E-state index in [1.165, 1.54) is 6.07 Å². The predicted molar refractivity (Wildman–Crippen MR) is 48.0 cm³/mol. The van der Waals surface area contributed by atoms with Gasteiger partial charge in [0.2, 0.25) is 5.88 Å². The van der Waals surface area contributed by atoms with Crippen molar-refractivity contribution in [1.29, 1.82) is 0 Å². The highest BCUT2D eigenvalue weighted by Gasteiger charge is 2.02. The van der Waals surface area contributed by atoms with E-state index >= 15 is 0 Å². The van der Waals surface area contributed by atoms with Crippen LogP contribution >= 0.6 is 0 Å². The average molecular weight is 180 g/mol. The Bertz CT molecular complexity index is 300. The first-order valence-electron chi connectivity index (χ1n) is 4.26. The van der Waals surface area contributed by atoms with Gasteiger partial charge in [-0.25, -0.2) is 4.98 Å². The van der Waals surface area contributed by atoms with Gasteiger partial charge in [-0.3, -0.25) is 4.79 Å². The van der Waals surface area contributed by atoms with Crippen LogP contribution in [-0.2, 0) is 6.42 Å². The number of carbonyl (C=O) groups is 1. The van der Waals surface area contributed by atoms with Gasteiger partial charge in [0.15, 0.2) is 6.29 Å². The summed E-state index contributed by atoms with van der Waals surface area (Å²) < 4.78 is 5.18. The molecule has 0 radical (unpaired) electrons. The molecule has 1 heterocycles. The highest BCUT2D eigenvalue weighted by Crippen LogP contribution is 2.08. The van der Waals surface area contributed by atoms with Crippen molar-refractivity contribution < 1.29 is 9.53 Å². The maximum Gasteiger partial charge on any atom is 0.217 e. The zero-order chi connectivity index (χ0) is 9.68. The molecule has 0 fully saturated rings. The number of rotatable bonds is 4. The van der Waals surface area contributed by atoms with Gasteiger partial charge in [-0.05, 0) is 6.92 Å². The molecular weight excluding hydrogens is 168 g/mol. The van der Waals surface area contributed by atoms with Gasteiger partial charge in [0.1, 0.15) is 11.5 Å². The Morgan fingerprint density at radius 2 is 2.23 bits per heavy atom. The molecule has 0 aliphatic heterocycles. The van der Waals surface area contributed by atoms with Crippen molar-refractivity contribution in [3.05, 3.63) is 17.6 Å². The molecule has 0 atom stereocenters. The van der Waals surface area contributed by atoms with Gasteiger partial charge in [0, 0.05) is 12.5 Å². The monoisotopic (exact) mass is 180 g/mol. The molecule has 0 bridgehead atoms. The van der Waals surface area contributed by atoms with E-state index in [1.54, 1.807) is 0 Å². The summed E-state index contributed by atoms with van der Waals surface area (Å²) >= 11 is 0. The molecule has 0 N–H and O–H groups in total. The van der Waals surface area contributed by atoms with Crippen LogP contribution in [0.25, 0.3) is 0 Å². The number of aldehydes is 1. The van der Waals surface area contributed by atoms with Crippen LogP contribution in [0.5, 0.6) is 5.88 Å². The van der Waals surface area contributed by atoms with Crippen LogP contribution < -0.4 is 4.74 Å². The Hall–Kier alpha value is -1.45. The number of nitrogens with zero attached hydrogens (tertiary/aromatic N) is 2. The molecule has 70 valence electrons. The fourth-order valence-corrected chi connectivity index (χ4v) is 0.933. The van der Waals surface area contributed by atoms with E-state index in [-0.39, 0.29) is 0 Å². The lowest BCUT2D eigenvalue weighted by Crippen LogP contribution is -2.02. The third-order valence-corrected chi connectivity index (χ3v) is 1.50. The van der Waals surface area contributed by atoms with Crippen molar-refractivity contribution in [2.45, 2.75) is 20.3 Å². The number of carbonyl (C=O) groups excluding carboxylic acids is 1. The van der Waals surface area contributed by atoms with Crippen molar-refractivity contribution in [2.24, 2.45) is 0 Å². The van der Waals surface area contributed by atoms with Crippen LogP contribution in [0.2, 0.25) is 0 Å². The molecule has 1 aromatic rings. The second kappa shape index (κ2) is 4.54. The molecule has 0 saturated heterocycles. The number of hydrogen-bond acceptors (Lipinski definition) is 4. The zero-order valence-corrected chi connectivity index (χ0v) is 7.78. The quantitative estimate of drug-likeness (QED) is 0.654. The van der Waals surface area contributed by atoms with E-state index in [1.807, 2.05) is 13.8 Å². The van der Waals surface area contributed by atoms with Gasteiger partial charge < -0.3 is 4.74 Å². The summed E-state index contributed by atoms with van der Waals surface area (Å²) in [6.07, 6.45) is 1.39. The second-order valence-corrected chi connectivity index (χ2v) is 2.45. The molecule has 0 unspecified atom stereocenters. The van der Waals surface area contributed by atoms with E-state index in [9.17, 15) is 4.79 Å². The molecule has 0 aliphatic carbocycles. The van der Waals surface area contributed by atoms with Crippen LogP contribution in [0, 0.1) is 0 Å². The Kier molecular flexibility index (Phi) is 3.37. The minimum Gasteiger partial charge on any atom is -0.478 e. The van der Waals surface area contributed by atoms with Crippen LogP contribution in [0.1, 0.15) is 30.2 Å². The second-order valence-electron chi connectivity index (χ2n) is 2.45. The molecule has 0 spiro atoms. The molecule has 1 rings (SSSR count). The van der Waals surface area contributed by atoms with Crippen molar-refractivity contribution in [3.63, 3.8) is 0 Å². The van der Waals surface area contributed by atoms with Gasteiger partial charge in [0.25, 0.3) is 0 Å². The first kappa shape index (κ1) is 9.64. The molecule has 0 saturated carbocycles. The molecule has 0 aromatic carbocycles. The van der Waals surface area contributed by atoms with Gasteiger partial charge in [0.05, 0.1) is 6.61 Å². The molecule has 4 heteroatoms. The Morgan fingerprint density at radius 1 is 1.46 bits per heavy atom. The standard InChI is InChI=1S/C9H12N2O2/c1-3-8-10-7(6-12)5-9(11-8)13-4-2/h5-6H,3-4H2,1-2H3. The van der Waals surface area contributed by atoms with Gasteiger partial charge in [-0.2, -0.15) is 4.98 Å². The normalized spacial score (nSPS) is 9.69. The van der Waals surface area contributed by atoms with E-state index in [0.717, 1.165) is 0 Å². The fraction of sp³-hybridized carbons (Fsp3) is 0.444. The highest BCUT2D eigenvalue weighted by atomic mass is 16.5. The lowest BCUT2D eigenvalue weighted by molar-refractivity contribution is 0.111. The maximum absolute atomic E-state index is 10.5. The minimum absolute atomic E-state index is 0.371. The van der Waals surface area contributed by atoms with Crippen molar-refractivity contribution in [3.8, 4) is 5.88 Å². The molecule has 13 heavy (non-hydrogen) atoms. The summed E-state index contributed by atoms with van der Waals surface area (Å²) in [5, 5.41) is 0. The van der Waals surface area contributed by atoms with Gasteiger partial charge in [-0.1, -0.05) is 6.92 Å². The number of ether oxygens (including phenoxy) is 1. The topological polar surface area (TPSA) is 52.1 Å². The summed E-state index contributed by atoms with van der Waals surface area (Å²) in [6, 6.07) is 1.54. The number of hydrogen-bond donors (Lipinski definition) is 0. The molecule has 0 amide bonds. The third-order valence-electron chi connectivity index (χ3n) is 1.50. The summed E-state index contributed by atoms with van der Waals surface area (Å²) in [6.45, 7) is 4.34. The maximum atomic E-state index is 10.5. The third kappa shape index (κ3) is 2.50. The number of aromatic nitrogens is 2. The largest absolute Gasteiger partial charge is 0.478 e. The van der Waals surface area contributed by atoms with E-state index in [2.05, 4.69) is 9.97 Å². The van der Waals surface area contributed by atoms with Crippen LogP contribution in [0.4, 0.5) is 0 Å². The van der Waals surface area contributed by atoms with Crippen LogP contribution in [0.15, 0.2) is 6.07 Å². The highest BCUT2D eigenvalue weighted by molar-refractivity contribution is 5.72. The molecule has 4 nitrogen and oxygen atoms in total. The lowest BCUT2D eigenvalue weighted by atomic mass is 10.4. The van der Waals surface area contributed by atoms with E-state index < -0.39 is 0 Å². The first-order chi connectivity index (χ1) is 6.30. The van der Waals surface area contributed by atoms with Crippen LogP contribution in [-0.4, -0.2) is 22.9 Å². The van der Waals surface area contributed by atoms with Crippen molar-refractivity contribution in [2.75, 3.05) is 6.61 Å². The average Bonchev–Trinajstić information content (AvgIpc) is 2.17. The molecule has 1 aromatic heterocycles. The minimum atomic E-state index is 0.371. The fourth-order valence-electron chi connectivity index (χ4n) is 0.933. The van der Waals surface area contributed by atoms with Crippen molar-refractivity contribution >= 4 is 6.29 Å². The summed E-state index contributed by atoms with van der Waals surface area (Å²) in [5.41, 5.74) is 0.371. The van der Waals surface area contributed by atoms with E-state index in [0.29, 0.717) is 36.7 Å².